The van der Waals surface area contributed by atoms with Gasteiger partial charge in [0.05, 0.1) is 13.0 Å². The fourth-order valence-corrected chi connectivity index (χ4v) is 0.967. The van der Waals surface area contributed by atoms with E-state index < -0.39 is 0 Å². The van der Waals surface area contributed by atoms with Gasteiger partial charge in [0.2, 0.25) is 0 Å². The molecule has 84 valence electrons. The van der Waals surface area contributed by atoms with Gasteiger partial charge in [0.15, 0.2) is 0 Å². The highest BCUT2D eigenvalue weighted by atomic mass is 16.5. The van der Waals surface area contributed by atoms with E-state index in [1.165, 1.54) is 7.11 Å². The van der Waals surface area contributed by atoms with E-state index in [1.54, 1.807) is 0 Å². The van der Waals surface area contributed by atoms with Crippen molar-refractivity contribution < 1.29 is 14.6 Å². The van der Waals surface area contributed by atoms with Gasteiger partial charge in [0, 0.05) is 25.1 Å². The largest absolute Gasteiger partial charge is 0.469 e. The fourth-order valence-electron chi connectivity index (χ4n) is 0.967. The molecule has 1 unspecified atom stereocenters. The molecule has 0 saturated heterocycles. The third kappa shape index (κ3) is 5.19. The lowest BCUT2D eigenvalue weighted by Gasteiger charge is -2.22. The van der Waals surface area contributed by atoms with Gasteiger partial charge in [-0.1, -0.05) is 20.8 Å². The van der Waals surface area contributed by atoms with Gasteiger partial charge in [-0.3, -0.25) is 4.79 Å². The minimum absolute atomic E-state index is 0.132. The van der Waals surface area contributed by atoms with E-state index in [9.17, 15) is 4.79 Å². The molecule has 0 heterocycles. The zero-order valence-corrected chi connectivity index (χ0v) is 9.46. The molecule has 0 saturated carbocycles. The third-order valence-electron chi connectivity index (χ3n) is 2.09. The summed E-state index contributed by atoms with van der Waals surface area (Å²) in [4.78, 5) is 11.0. The average molecular weight is 203 g/mol. The summed E-state index contributed by atoms with van der Waals surface area (Å²) in [6.45, 7) is 7.13. The number of nitrogens with one attached hydrogen (secondary N) is 1. The molecular formula is C10H21NO3. The molecule has 0 rings (SSSR count). The monoisotopic (exact) mass is 203 g/mol. The smallest absolute Gasteiger partial charge is 0.309 e. The van der Waals surface area contributed by atoms with Crippen molar-refractivity contribution in [1.29, 1.82) is 0 Å². The maximum Gasteiger partial charge on any atom is 0.309 e. The molecule has 0 aliphatic rings. The van der Waals surface area contributed by atoms with Crippen LogP contribution in [0.25, 0.3) is 0 Å². The number of hydrogen-bond acceptors (Lipinski definition) is 4. The summed E-state index contributed by atoms with van der Waals surface area (Å²) in [5, 5.41) is 12.1. The topological polar surface area (TPSA) is 58.6 Å². The Morgan fingerprint density at radius 3 is 2.57 bits per heavy atom. The first-order valence-electron chi connectivity index (χ1n) is 4.82. The maximum atomic E-state index is 11.0. The average Bonchev–Trinajstić information content (AvgIpc) is 2.16. The van der Waals surface area contributed by atoms with Crippen molar-refractivity contribution in [2.45, 2.75) is 20.8 Å². The van der Waals surface area contributed by atoms with Crippen LogP contribution < -0.4 is 5.32 Å². The quantitative estimate of drug-likeness (QED) is 0.614. The van der Waals surface area contributed by atoms with E-state index in [0.717, 1.165) is 0 Å². The summed E-state index contributed by atoms with van der Waals surface area (Å²) in [5.74, 6) is -0.353. The Morgan fingerprint density at radius 2 is 2.14 bits per heavy atom. The molecule has 0 fully saturated rings. The normalized spacial score (nSPS) is 13.8. The molecule has 0 amide bonds. The number of carbonyl (C=O) groups excluding carboxylic acids is 1. The van der Waals surface area contributed by atoms with Crippen LogP contribution >= 0.6 is 0 Å². The molecule has 4 nitrogen and oxygen atoms in total. The molecule has 0 aliphatic heterocycles. The second kappa shape index (κ2) is 5.98. The van der Waals surface area contributed by atoms with Gasteiger partial charge in [0.25, 0.3) is 0 Å². The Hall–Kier alpha value is -0.610. The number of carbonyl (C=O) groups is 1. The highest BCUT2D eigenvalue weighted by Crippen LogP contribution is 2.11. The second-order valence-electron chi connectivity index (χ2n) is 4.38. The van der Waals surface area contributed by atoms with Crippen LogP contribution in [0, 0.1) is 11.3 Å². The first-order valence-corrected chi connectivity index (χ1v) is 4.82. The number of aliphatic hydroxyl groups excluding tert-OH is 1. The Kier molecular flexibility index (Phi) is 5.72. The number of esters is 1. The zero-order valence-electron chi connectivity index (χ0n) is 9.46. The molecule has 0 aromatic rings. The predicted molar refractivity (Wildman–Crippen MR) is 54.9 cm³/mol. The Balaban J connectivity index is 3.69. The molecule has 0 aromatic carbocycles. The Bertz CT molecular complexity index is 180. The molecular weight excluding hydrogens is 182 g/mol. The lowest BCUT2D eigenvalue weighted by molar-refractivity contribution is -0.144. The van der Waals surface area contributed by atoms with Gasteiger partial charge < -0.3 is 15.2 Å². The molecule has 0 bridgehead atoms. The molecule has 0 spiro atoms. The van der Waals surface area contributed by atoms with Crippen molar-refractivity contribution in [3.8, 4) is 0 Å². The van der Waals surface area contributed by atoms with Crippen molar-refractivity contribution in [1.82, 2.24) is 5.32 Å². The molecule has 2 N–H and O–H groups in total. The van der Waals surface area contributed by atoms with Gasteiger partial charge in [-0.05, 0) is 0 Å². The maximum absolute atomic E-state index is 11.0. The number of aliphatic hydroxyl groups is 1. The van der Waals surface area contributed by atoms with Crippen molar-refractivity contribution in [3.63, 3.8) is 0 Å². The summed E-state index contributed by atoms with van der Waals surface area (Å²) in [7, 11) is 1.39. The van der Waals surface area contributed by atoms with Crippen LogP contribution in [0.1, 0.15) is 20.8 Å². The lowest BCUT2D eigenvalue weighted by Crippen LogP contribution is -2.36. The van der Waals surface area contributed by atoms with Gasteiger partial charge in [-0.2, -0.15) is 0 Å². The SMILES string of the molecule is COC(=O)C(C)CNCC(C)(C)CO. The summed E-state index contributed by atoms with van der Waals surface area (Å²) in [6, 6.07) is 0. The van der Waals surface area contributed by atoms with Crippen molar-refractivity contribution in [2.75, 3.05) is 26.8 Å². The van der Waals surface area contributed by atoms with Crippen LogP contribution in [0.15, 0.2) is 0 Å². The Morgan fingerprint density at radius 1 is 1.57 bits per heavy atom. The standard InChI is InChI=1S/C10H21NO3/c1-8(9(13)14-4)5-11-6-10(2,3)7-12/h8,11-12H,5-7H2,1-4H3. The van der Waals surface area contributed by atoms with Crippen LogP contribution in [-0.2, 0) is 9.53 Å². The molecule has 0 aliphatic carbocycles. The Labute approximate surface area is 85.6 Å². The lowest BCUT2D eigenvalue weighted by atomic mass is 9.95. The highest BCUT2D eigenvalue weighted by Gasteiger charge is 2.18. The van der Waals surface area contributed by atoms with Gasteiger partial charge in [-0.25, -0.2) is 0 Å². The first-order chi connectivity index (χ1) is 6.43. The van der Waals surface area contributed by atoms with E-state index >= 15 is 0 Å². The number of rotatable bonds is 6. The van der Waals surface area contributed by atoms with Crippen molar-refractivity contribution >= 4 is 5.97 Å². The summed E-state index contributed by atoms with van der Waals surface area (Å²) in [6.07, 6.45) is 0. The molecule has 4 heteroatoms. The summed E-state index contributed by atoms with van der Waals surface area (Å²) < 4.78 is 4.59. The van der Waals surface area contributed by atoms with Gasteiger partial charge >= 0.3 is 5.97 Å². The van der Waals surface area contributed by atoms with Crippen LogP contribution in [0.4, 0.5) is 0 Å². The van der Waals surface area contributed by atoms with Crippen LogP contribution in [0.5, 0.6) is 0 Å². The molecule has 0 radical (unpaired) electrons. The molecule has 1 atom stereocenters. The fraction of sp³-hybridized carbons (Fsp3) is 0.900. The molecule has 14 heavy (non-hydrogen) atoms. The van der Waals surface area contributed by atoms with E-state index in [1.807, 2.05) is 20.8 Å². The predicted octanol–water partition coefficient (Wildman–Crippen LogP) is 0.404. The van der Waals surface area contributed by atoms with Crippen LogP contribution in [0.3, 0.4) is 0 Å². The van der Waals surface area contributed by atoms with E-state index in [-0.39, 0.29) is 23.9 Å². The minimum atomic E-state index is -0.209. The van der Waals surface area contributed by atoms with Crippen LogP contribution in [-0.4, -0.2) is 37.9 Å². The highest BCUT2D eigenvalue weighted by molar-refractivity contribution is 5.71. The minimum Gasteiger partial charge on any atom is -0.469 e. The van der Waals surface area contributed by atoms with E-state index in [0.29, 0.717) is 13.1 Å². The molecule has 0 aromatic heterocycles. The second-order valence-corrected chi connectivity index (χ2v) is 4.38. The number of hydrogen-bond donors (Lipinski definition) is 2. The zero-order chi connectivity index (χ0) is 11.2. The first kappa shape index (κ1) is 13.4. The van der Waals surface area contributed by atoms with Gasteiger partial charge in [0.1, 0.15) is 0 Å². The van der Waals surface area contributed by atoms with Crippen LogP contribution in [0.2, 0.25) is 0 Å². The van der Waals surface area contributed by atoms with Crippen molar-refractivity contribution in [3.05, 3.63) is 0 Å². The number of ether oxygens (including phenoxy) is 1. The number of methoxy groups -OCH3 is 1. The van der Waals surface area contributed by atoms with Crippen molar-refractivity contribution in [2.24, 2.45) is 11.3 Å². The van der Waals surface area contributed by atoms with E-state index in [2.05, 4.69) is 10.1 Å². The van der Waals surface area contributed by atoms with Gasteiger partial charge in [-0.15, -0.1) is 0 Å². The third-order valence-corrected chi connectivity index (χ3v) is 2.09. The summed E-state index contributed by atoms with van der Waals surface area (Å²) >= 11 is 0. The van der Waals surface area contributed by atoms with E-state index in [4.69, 9.17) is 5.11 Å². The summed E-state index contributed by atoms with van der Waals surface area (Å²) in [5.41, 5.74) is -0.143.